The summed E-state index contributed by atoms with van der Waals surface area (Å²) in [6.45, 7) is 2.93. The third-order valence-corrected chi connectivity index (χ3v) is 4.81. The average Bonchev–Trinajstić information content (AvgIpc) is 2.62. The molecule has 1 heterocycles. The van der Waals surface area contributed by atoms with E-state index in [1.54, 1.807) is 29.2 Å². The second kappa shape index (κ2) is 7.49. The van der Waals surface area contributed by atoms with Crippen molar-refractivity contribution in [2.24, 2.45) is 0 Å². The maximum atomic E-state index is 12.6. The lowest BCUT2D eigenvalue weighted by molar-refractivity contribution is 0.0633. The highest BCUT2D eigenvalue weighted by Crippen LogP contribution is 2.22. The molecule has 1 aliphatic heterocycles. The fourth-order valence-corrected chi connectivity index (χ4v) is 3.32. The van der Waals surface area contributed by atoms with Crippen LogP contribution in [0.1, 0.15) is 28.8 Å². The number of phenolic OH excluding ortho intramolecular Hbond substituents is 1. The molecule has 1 fully saturated rings. The fraction of sp³-hybridized carbons (Fsp3) is 0.350. The predicted octanol–water partition coefficient (Wildman–Crippen LogP) is 3.13. The maximum Gasteiger partial charge on any atom is 0.257 e. The van der Waals surface area contributed by atoms with Crippen LogP contribution in [-0.2, 0) is 6.54 Å². The summed E-state index contributed by atoms with van der Waals surface area (Å²) in [6, 6.07) is 17.5. The lowest BCUT2D eigenvalue weighted by Crippen LogP contribution is -2.45. The molecule has 0 saturated carbocycles. The Morgan fingerprint density at radius 1 is 1.08 bits per heavy atom. The Balaban J connectivity index is 1.56. The van der Waals surface area contributed by atoms with Crippen molar-refractivity contribution in [3.63, 3.8) is 0 Å². The molecule has 0 spiro atoms. The van der Waals surface area contributed by atoms with Crippen LogP contribution in [0.5, 0.6) is 5.75 Å². The second-order valence-electron chi connectivity index (χ2n) is 6.43. The van der Waals surface area contributed by atoms with E-state index in [0.29, 0.717) is 5.56 Å². The molecular formula is C20H24N2O2. The number of rotatable bonds is 4. The van der Waals surface area contributed by atoms with Gasteiger partial charge in [-0.2, -0.15) is 0 Å². The minimum absolute atomic E-state index is 0.0517. The van der Waals surface area contributed by atoms with E-state index < -0.39 is 0 Å². The van der Waals surface area contributed by atoms with E-state index in [1.807, 2.05) is 13.1 Å². The van der Waals surface area contributed by atoms with Crippen LogP contribution in [0.25, 0.3) is 0 Å². The van der Waals surface area contributed by atoms with Gasteiger partial charge in [0.25, 0.3) is 5.91 Å². The summed E-state index contributed by atoms with van der Waals surface area (Å²) in [5.41, 5.74) is 1.71. The lowest BCUT2D eigenvalue weighted by Gasteiger charge is -2.36. The number of nitrogens with zero attached hydrogens (tertiary/aromatic N) is 2. The van der Waals surface area contributed by atoms with Gasteiger partial charge in [0, 0.05) is 32.7 Å². The van der Waals surface area contributed by atoms with Crippen LogP contribution < -0.4 is 0 Å². The molecule has 1 saturated heterocycles. The van der Waals surface area contributed by atoms with Gasteiger partial charge in [-0.25, -0.2) is 0 Å². The highest BCUT2D eigenvalue weighted by molar-refractivity contribution is 5.96. The van der Waals surface area contributed by atoms with Crippen molar-refractivity contribution >= 4 is 5.91 Å². The number of carbonyl (C=O) groups is 1. The topological polar surface area (TPSA) is 43.8 Å². The van der Waals surface area contributed by atoms with Gasteiger partial charge in [0.05, 0.1) is 5.56 Å². The Labute approximate surface area is 143 Å². The molecule has 2 aromatic rings. The zero-order valence-corrected chi connectivity index (χ0v) is 14.1. The normalized spacial score (nSPS) is 16.0. The van der Waals surface area contributed by atoms with Crippen molar-refractivity contribution in [2.45, 2.75) is 25.4 Å². The highest BCUT2D eigenvalue weighted by atomic mass is 16.3. The number of phenols is 1. The van der Waals surface area contributed by atoms with Crippen molar-refractivity contribution in [3.8, 4) is 5.75 Å². The number of carbonyl (C=O) groups excluding carboxylic acids is 1. The van der Waals surface area contributed by atoms with Crippen LogP contribution >= 0.6 is 0 Å². The van der Waals surface area contributed by atoms with Gasteiger partial charge in [-0.15, -0.1) is 0 Å². The zero-order valence-electron chi connectivity index (χ0n) is 14.1. The van der Waals surface area contributed by atoms with E-state index >= 15 is 0 Å². The molecule has 1 N–H and O–H groups in total. The number of hydrogen-bond donors (Lipinski definition) is 1. The Hall–Kier alpha value is -2.33. The van der Waals surface area contributed by atoms with E-state index in [-0.39, 0.29) is 17.7 Å². The fourth-order valence-electron chi connectivity index (χ4n) is 3.32. The van der Waals surface area contributed by atoms with Gasteiger partial charge in [-0.05, 0) is 30.5 Å². The third kappa shape index (κ3) is 3.77. The largest absolute Gasteiger partial charge is 0.507 e. The molecule has 1 amide bonds. The van der Waals surface area contributed by atoms with Gasteiger partial charge in [0.15, 0.2) is 0 Å². The zero-order chi connectivity index (χ0) is 16.9. The molecule has 24 heavy (non-hydrogen) atoms. The standard InChI is InChI=1S/C20H24N2O2/c1-21(20(24)18-9-5-6-10-19(18)23)17-11-13-22(14-12-17)15-16-7-3-2-4-8-16/h2-10,17,23H,11-15H2,1H3. The first-order valence-corrected chi connectivity index (χ1v) is 8.46. The van der Waals surface area contributed by atoms with Crippen LogP contribution in [0.2, 0.25) is 0 Å². The van der Waals surface area contributed by atoms with Gasteiger partial charge < -0.3 is 10.0 Å². The molecule has 0 aliphatic carbocycles. The summed E-state index contributed by atoms with van der Waals surface area (Å²) in [6.07, 6.45) is 1.92. The first kappa shape index (κ1) is 16.5. The Morgan fingerprint density at radius 3 is 2.38 bits per heavy atom. The first-order chi connectivity index (χ1) is 11.6. The summed E-state index contributed by atoms with van der Waals surface area (Å²) >= 11 is 0. The van der Waals surface area contributed by atoms with Crippen molar-refractivity contribution < 1.29 is 9.90 Å². The lowest BCUT2D eigenvalue weighted by atomic mass is 10.0. The molecular weight excluding hydrogens is 300 g/mol. The number of benzene rings is 2. The number of hydrogen-bond acceptors (Lipinski definition) is 3. The van der Waals surface area contributed by atoms with Crippen molar-refractivity contribution in [3.05, 3.63) is 65.7 Å². The predicted molar refractivity (Wildman–Crippen MR) is 94.9 cm³/mol. The number of amides is 1. The molecule has 4 heteroatoms. The van der Waals surface area contributed by atoms with Crippen LogP contribution in [0.3, 0.4) is 0 Å². The second-order valence-corrected chi connectivity index (χ2v) is 6.43. The molecule has 4 nitrogen and oxygen atoms in total. The molecule has 1 aliphatic rings. The summed E-state index contributed by atoms with van der Waals surface area (Å²) in [5.74, 6) is -0.0505. The van der Waals surface area contributed by atoms with E-state index in [4.69, 9.17) is 0 Å². The number of piperidine rings is 1. The van der Waals surface area contributed by atoms with Gasteiger partial charge in [-0.1, -0.05) is 42.5 Å². The van der Waals surface area contributed by atoms with Crippen molar-refractivity contribution in [2.75, 3.05) is 20.1 Å². The summed E-state index contributed by atoms with van der Waals surface area (Å²) in [7, 11) is 1.84. The van der Waals surface area contributed by atoms with E-state index in [9.17, 15) is 9.90 Å². The highest BCUT2D eigenvalue weighted by Gasteiger charge is 2.26. The monoisotopic (exact) mass is 324 g/mol. The molecule has 3 rings (SSSR count). The minimum Gasteiger partial charge on any atom is -0.507 e. The number of aromatic hydroxyl groups is 1. The Morgan fingerprint density at radius 2 is 1.71 bits per heavy atom. The van der Waals surface area contributed by atoms with E-state index in [1.165, 1.54) is 5.56 Å². The van der Waals surface area contributed by atoms with E-state index in [2.05, 4.69) is 29.2 Å². The van der Waals surface area contributed by atoms with Gasteiger partial charge in [-0.3, -0.25) is 9.69 Å². The van der Waals surface area contributed by atoms with Gasteiger partial charge in [0.1, 0.15) is 5.75 Å². The molecule has 126 valence electrons. The van der Waals surface area contributed by atoms with Crippen LogP contribution in [-0.4, -0.2) is 47.0 Å². The van der Waals surface area contributed by atoms with Gasteiger partial charge >= 0.3 is 0 Å². The van der Waals surface area contributed by atoms with Crippen molar-refractivity contribution in [1.29, 1.82) is 0 Å². The van der Waals surface area contributed by atoms with Crippen LogP contribution in [0, 0.1) is 0 Å². The molecule has 0 unspecified atom stereocenters. The maximum absolute atomic E-state index is 12.6. The first-order valence-electron chi connectivity index (χ1n) is 8.46. The number of para-hydroxylation sites is 1. The quantitative estimate of drug-likeness (QED) is 0.940. The smallest absolute Gasteiger partial charge is 0.257 e. The molecule has 0 aromatic heterocycles. The SMILES string of the molecule is CN(C(=O)c1ccccc1O)C1CCN(Cc2ccccc2)CC1. The Bertz CT molecular complexity index is 679. The minimum atomic E-state index is -0.102. The average molecular weight is 324 g/mol. The van der Waals surface area contributed by atoms with Crippen LogP contribution in [0.4, 0.5) is 0 Å². The van der Waals surface area contributed by atoms with Crippen LogP contribution in [0.15, 0.2) is 54.6 Å². The molecule has 0 radical (unpaired) electrons. The Kier molecular flexibility index (Phi) is 5.16. The summed E-state index contributed by atoms with van der Waals surface area (Å²) in [4.78, 5) is 16.8. The van der Waals surface area contributed by atoms with E-state index in [0.717, 1.165) is 32.5 Å². The van der Waals surface area contributed by atoms with Gasteiger partial charge in [0.2, 0.25) is 0 Å². The third-order valence-electron chi connectivity index (χ3n) is 4.81. The molecule has 0 atom stereocenters. The molecule has 2 aromatic carbocycles. The van der Waals surface area contributed by atoms with Crippen molar-refractivity contribution in [1.82, 2.24) is 9.80 Å². The summed E-state index contributed by atoms with van der Waals surface area (Å²) < 4.78 is 0. The summed E-state index contributed by atoms with van der Waals surface area (Å²) in [5, 5.41) is 9.88. The molecule has 0 bridgehead atoms. The number of likely N-dealkylation sites (tertiary alicyclic amines) is 1.